The smallest absolute Gasteiger partial charge is 0.453 e. The van der Waals surface area contributed by atoms with E-state index in [4.69, 9.17) is 19.5 Å². The van der Waals surface area contributed by atoms with Crippen molar-refractivity contribution in [3.05, 3.63) is 42.4 Å². The van der Waals surface area contributed by atoms with Crippen molar-refractivity contribution in [3.8, 4) is 0 Å². The van der Waals surface area contributed by atoms with Crippen LogP contribution < -0.4 is 5.46 Å². The number of benzene rings is 1. The van der Waals surface area contributed by atoms with Crippen molar-refractivity contribution in [2.24, 2.45) is 0 Å². The van der Waals surface area contributed by atoms with Gasteiger partial charge in [-0.25, -0.2) is 0 Å². The Labute approximate surface area is 87.9 Å². The zero-order chi connectivity index (χ0) is 10.9. The van der Waals surface area contributed by atoms with Gasteiger partial charge in [0.25, 0.3) is 5.79 Å². The predicted octanol–water partition coefficient (Wildman–Crippen LogP) is 0.0571. The zero-order valence-corrected chi connectivity index (χ0v) is 8.25. The van der Waals surface area contributed by atoms with Gasteiger partial charge in [-0.3, -0.25) is 0 Å². The second kappa shape index (κ2) is 3.60. The summed E-state index contributed by atoms with van der Waals surface area (Å²) in [6, 6.07) is 6.79. The zero-order valence-electron chi connectivity index (χ0n) is 8.25. The van der Waals surface area contributed by atoms with Crippen molar-refractivity contribution in [3.63, 3.8) is 0 Å². The highest BCUT2D eigenvalue weighted by molar-refractivity contribution is 6.58. The third kappa shape index (κ3) is 1.84. The molecule has 2 rings (SSSR count). The average Bonchev–Trinajstić information content (AvgIpc) is 2.67. The van der Waals surface area contributed by atoms with E-state index in [1.807, 2.05) is 0 Å². The summed E-state index contributed by atoms with van der Waals surface area (Å²) >= 11 is 0. The van der Waals surface area contributed by atoms with Gasteiger partial charge in [-0.2, -0.15) is 0 Å². The molecule has 1 heterocycles. The third-order valence-corrected chi connectivity index (χ3v) is 2.35. The Morgan fingerprint density at radius 3 is 2.47 bits per heavy atom. The molecule has 78 valence electrons. The summed E-state index contributed by atoms with van der Waals surface area (Å²) in [4.78, 5) is 0. The van der Waals surface area contributed by atoms with Gasteiger partial charge >= 0.3 is 7.12 Å². The molecule has 0 radical (unpaired) electrons. The van der Waals surface area contributed by atoms with Crippen LogP contribution in [0.25, 0.3) is 0 Å². The lowest BCUT2D eigenvalue weighted by molar-refractivity contribution is -0.133. The summed E-state index contributed by atoms with van der Waals surface area (Å²) in [6.45, 7) is 1.76. The Hall–Kier alpha value is -1.46. The molecule has 1 aliphatic rings. The highest BCUT2D eigenvalue weighted by atomic mass is 16.7. The molecule has 0 amide bonds. The van der Waals surface area contributed by atoms with Crippen molar-refractivity contribution in [1.29, 1.82) is 0 Å². The van der Waals surface area contributed by atoms with Crippen LogP contribution >= 0.6 is 0 Å². The Balaban J connectivity index is 2.32. The van der Waals surface area contributed by atoms with E-state index < -0.39 is 12.9 Å². The van der Waals surface area contributed by atoms with E-state index in [1.54, 1.807) is 31.2 Å². The van der Waals surface area contributed by atoms with Gasteiger partial charge in [-0.05, 0) is 5.46 Å². The van der Waals surface area contributed by atoms with Crippen molar-refractivity contribution in [2.75, 3.05) is 0 Å². The van der Waals surface area contributed by atoms with Crippen LogP contribution in [0.3, 0.4) is 0 Å². The molecule has 0 saturated heterocycles. The van der Waals surface area contributed by atoms with E-state index in [9.17, 15) is 0 Å². The maximum atomic E-state index is 9.03. The Morgan fingerprint density at radius 1 is 1.20 bits per heavy atom. The van der Waals surface area contributed by atoms with E-state index in [-0.39, 0.29) is 0 Å². The molecule has 0 aromatic heterocycles. The highest BCUT2D eigenvalue weighted by Gasteiger charge is 2.32. The Bertz CT molecular complexity index is 381. The van der Waals surface area contributed by atoms with Gasteiger partial charge in [0.2, 0.25) is 0 Å². The van der Waals surface area contributed by atoms with Crippen LogP contribution in [-0.4, -0.2) is 17.2 Å². The van der Waals surface area contributed by atoms with Crippen molar-refractivity contribution < 1.29 is 19.5 Å². The maximum Gasteiger partial charge on any atom is 0.488 e. The molecular formula is C10H11BO4. The summed E-state index contributed by atoms with van der Waals surface area (Å²) in [5.41, 5.74) is 1.14. The fraction of sp³-hybridized carbons (Fsp3) is 0.200. The van der Waals surface area contributed by atoms with Crippen LogP contribution in [0.5, 0.6) is 0 Å². The van der Waals surface area contributed by atoms with Crippen LogP contribution in [0.4, 0.5) is 0 Å². The van der Waals surface area contributed by atoms with Crippen molar-refractivity contribution >= 4 is 12.6 Å². The van der Waals surface area contributed by atoms with Crippen LogP contribution in [0.15, 0.2) is 36.8 Å². The molecule has 0 bridgehead atoms. The second-order valence-electron chi connectivity index (χ2n) is 3.45. The molecule has 1 aromatic rings. The van der Waals surface area contributed by atoms with Crippen LogP contribution in [-0.2, 0) is 15.3 Å². The van der Waals surface area contributed by atoms with E-state index in [0.29, 0.717) is 5.46 Å². The van der Waals surface area contributed by atoms with Crippen LogP contribution in [0, 0.1) is 0 Å². The molecule has 0 saturated carbocycles. The molecule has 0 aliphatic carbocycles. The normalized spacial score (nSPS) is 17.0. The fourth-order valence-electron chi connectivity index (χ4n) is 1.46. The van der Waals surface area contributed by atoms with E-state index in [1.165, 1.54) is 12.5 Å². The first kappa shape index (κ1) is 10.1. The van der Waals surface area contributed by atoms with Gasteiger partial charge in [-0.1, -0.05) is 24.3 Å². The first-order valence-corrected chi connectivity index (χ1v) is 4.59. The van der Waals surface area contributed by atoms with E-state index >= 15 is 0 Å². The summed E-state index contributed by atoms with van der Waals surface area (Å²) in [7, 11) is -1.48. The minimum Gasteiger partial charge on any atom is -0.453 e. The lowest BCUT2D eigenvalue weighted by atomic mass is 9.79. The van der Waals surface area contributed by atoms with E-state index in [2.05, 4.69) is 0 Å². The fourth-order valence-corrected chi connectivity index (χ4v) is 1.46. The Morgan fingerprint density at radius 2 is 1.87 bits per heavy atom. The van der Waals surface area contributed by atoms with Gasteiger partial charge in [0.1, 0.15) is 12.5 Å². The molecule has 2 N–H and O–H groups in total. The molecule has 4 nitrogen and oxygen atoms in total. The number of rotatable bonds is 2. The summed E-state index contributed by atoms with van der Waals surface area (Å²) in [6.07, 6.45) is 2.92. The quantitative estimate of drug-likeness (QED) is 0.671. The highest BCUT2D eigenvalue weighted by Crippen LogP contribution is 2.30. The van der Waals surface area contributed by atoms with Crippen LogP contribution in [0.2, 0.25) is 0 Å². The predicted molar refractivity (Wildman–Crippen MR) is 54.9 cm³/mol. The number of hydrogen-bond acceptors (Lipinski definition) is 4. The van der Waals surface area contributed by atoms with Crippen molar-refractivity contribution in [1.82, 2.24) is 0 Å². The molecule has 1 aromatic carbocycles. The summed E-state index contributed by atoms with van der Waals surface area (Å²) in [5.74, 6) is -0.870. The molecule has 0 atom stereocenters. The average molecular weight is 206 g/mol. The van der Waals surface area contributed by atoms with Crippen molar-refractivity contribution in [2.45, 2.75) is 12.7 Å². The topological polar surface area (TPSA) is 58.9 Å². The van der Waals surface area contributed by atoms with Gasteiger partial charge in [-0.15, -0.1) is 0 Å². The minimum atomic E-state index is -1.48. The molecule has 1 aliphatic heterocycles. The van der Waals surface area contributed by atoms with Gasteiger partial charge < -0.3 is 19.5 Å². The molecule has 15 heavy (non-hydrogen) atoms. The SMILES string of the molecule is CC1(c2cccc(B(O)O)c2)OC=CO1. The first-order chi connectivity index (χ1) is 7.12. The lowest BCUT2D eigenvalue weighted by Gasteiger charge is -2.23. The molecule has 0 fully saturated rings. The molecule has 5 heteroatoms. The molecule has 0 unspecified atom stereocenters. The van der Waals surface area contributed by atoms with E-state index in [0.717, 1.165) is 5.56 Å². The maximum absolute atomic E-state index is 9.03. The largest absolute Gasteiger partial charge is 0.488 e. The third-order valence-electron chi connectivity index (χ3n) is 2.35. The standard InChI is InChI=1S/C10H11BO4/c1-10(14-5-6-15-10)8-3-2-4-9(7-8)11(12)13/h2-7,12-13H,1H3. The van der Waals surface area contributed by atoms with Gasteiger partial charge in [0, 0.05) is 12.5 Å². The van der Waals surface area contributed by atoms with Gasteiger partial charge in [0.15, 0.2) is 0 Å². The van der Waals surface area contributed by atoms with Crippen LogP contribution in [0.1, 0.15) is 12.5 Å². The summed E-state index contributed by atoms with van der Waals surface area (Å²) < 4.78 is 10.6. The second-order valence-corrected chi connectivity index (χ2v) is 3.45. The molecular weight excluding hydrogens is 195 g/mol. The minimum absolute atomic E-state index is 0.410. The summed E-state index contributed by atoms with van der Waals surface area (Å²) in [5, 5.41) is 18.1. The number of hydrogen-bond donors (Lipinski definition) is 2. The molecule has 0 spiro atoms. The Kier molecular flexibility index (Phi) is 2.42. The monoisotopic (exact) mass is 206 g/mol. The van der Waals surface area contributed by atoms with Gasteiger partial charge in [0.05, 0.1) is 0 Å². The lowest BCUT2D eigenvalue weighted by Crippen LogP contribution is -2.32. The first-order valence-electron chi connectivity index (χ1n) is 4.59. The number of ether oxygens (including phenoxy) is 2.